The van der Waals surface area contributed by atoms with Crippen molar-refractivity contribution in [3.05, 3.63) is 29.8 Å². The minimum Gasteiger partial charge on any atom is -0.490 e. The zero-order valence-corrected chi connectivity index (χ0v) is 11.7. The van der Waals surface area contributed by atoms with Crippen LogP contribution in [0, 0.1) is 11.3 Å². The Hall–Kier alpha value is -1.74. The summed E-state index contributed by atoms with van der Waals surface area (Å²) in [6.07, 6.45) is -2.38. The summed E-state index contributed by atoms with van der Waals surface area (Å²) in [7, 11) is 1.69. The van der Waals surface area contributed by atoms with E-state index in [1.807, 2.05) is 0 Å². The van der Waals surface area contributed by atoms with E-state index < -0.39 is 23.4 Å². The zero-order valence-electron chi connectivity index (χ0n) is 11.7. The van der Waals surface area contributed by atoms with Crippen molar-refractivity contribution in [3.63, 3.8) is 0 Å². The van der Waals surface area contributed by atoms with Crippen LogP contribution in [0.5, 0.6) is 5.75 Å². The first-order valence-electron chi connectivity index (χ1n) is 6.83. The molecule has 0 aromatic heterocycles. The second kappa shape index (κ2) is 5.94. The predicted molar refractivity (Wildman–Crippen MR) is 71.7 cm³/mol. The highest BCUT2D eigenvalue weighted by Crippen LogP contribution is 2.38. The molecular formula is C15H17F3N2O. The number of ether oxygens (including phenoxy) is 1. The van der Waals surface area contributed by atoms with Gasteiger partial charge in [-0.15, -0.1) is 0 Å². The summed E-state index contributed by atoms with van der Waals surface area (Å²) >= 11 is 0. The molecule has 1 fully saturated rings. The Morgan fingerprint density at radius 3 is 2.71 bits per heavy atom. The summed E-state index contributed by atoms with van der Waals surface area (Å²) in [6, 6.07) is 7.40. The van der Waals surface area contributed by atoms with E-state index in [9.17, 15) is 18.4 Å². The number of rotatable bonds is 3. The molecule has 3 nitrogen and oxygen atoms in total. The lowest BCUT2D eigenvalue weighted by Crippen LogP contribution is -2.48. The summed E-state index contributed by atoms with van der Waals surface area (Å²) in [4.78, 5) is 0. The van der Waals surface area contributed by atoms with Crippen LogP contribution in [0.15, 0.2) is 24.3 Å². The van der Waals surface area contributed by atoms with Gasteiger partial charge in [0.05, 0.1) is 11.6 Å². The van der Waals surface area contributed by atoms with Crippen molar-refractivity contribution in [2.75, 3.05) is 7.05 Å². The quantitative estimate of drug-likeness (QED) is 0.928. The first-order chi connectivity index (χ1) is 9.90. The Kier molecular flexibility index (Phi) is 4.43. The van der Waals surface area contributed by atoms with E-state index in [4.69, 9.17) is 4.74 Å². The highest BCUT2D eigenvalue weighted by atomic mass is 19.4. The maximum atomic E-state index is 12.9. The van der Waals surface area contributed by atoms with Gasteiger partial charge in [-0.3, -0.25) is 0 Å². The van der Waals surface area contributed by atoms with Gasteiger partial charge in [-0.25, -0.2) is 0 Å². The number of nitriles is 1. The normalized spacial score (nSPS) is 26.1. The molecule has 1 N–H and O–H groups in total. The van der Waals surface area contributed by atoms with E-state index in [1.165, 1.54) is 18.2 Å². The van der Waals surface area contributed by atoms with Crippen molar-refractivity contribution in [2.24, 2.45) is 0 Å². The Bertz CT molecular complexity index is 538. The minimum absolute atomic E-state index is 0.167. The number of hydrogen-bond donors (Lipinski definition) is 1. The zero-order chi connectivity index (χ0) is 15.5. The average Bonchev–Trinajstić information content (AvgIpc) is 2.47. The number of nitrogens with zero attached hydrogens (tertiary/aromatic N) is 1. The Labute approximate surface area is 121 Å². The van der Waals surface area contributed by atoms with Gasteiger partial charge in [-0.2, -0.15) is 18.4 Å². The molecule has 2 atom stereocenters. The molecule has 0 amide bonds. The molecule has 21 heavy (non-hydrogen) atoms. The number of nitrogens with one attached hydrogen (secondary N) is 1. The maximum absolute atomic E-state index is 12.9. The summed E-state index contributed by atoms with van der Waals surface area (Å²) in [5.74, 6) is -0.167. The third-order valence-electron chi connectivity index (χ3n) is 3.88. The van der Waals surface area contributed by atoms with E-state index in [-0.39, 0.29) is 5.75 Å². The van der Waals surface area contributed by atoms with Crippen LogP contribution >= 0.6 is 0 Å². The molecule has 2 rings (SSSR count). The third-order valence-corrected chi connectivity index (χ3v) is 3.88. The number of alkyl halides is 3. The Morgan fingerprint density at radius 2 is 2.10 bits per heavy atom. The highest BCUT2D eigenvalue weighted by molar-refractivity contribution is 5.35. The fraction of sp³-hybridized carbons (Fsp3) is 0.533. The van der Waals surface area contributed by atoms with E-state index in [0.717, 1.165) is 12.5 Å². The van der Waals surface area contributed by atoms with E-state index in [1.54, 1.807) is 7.05 Å². The summed E-state index contributed by atoms with van der Waals surface area (Å²) in [5, 5.41) is 12.2. The van der Waals surface area contributed by atoms with Crippen molar-refractivity contribution in [3.8, 4) is 11.8 Å². The molecular weight excluding hydrogens is 281 g/mol. The highest BCUT2D eigenvalue weighted by Gasteiger charge is 2.38. The van der Waals surface area contributed by atoms with E-state index in [2.05, 4.69) is 11.4 Å². The van der Waals surface area contributed by atoms with Gasteiger partial charge in [0.25, 0.3) is 0 Å². The predicted octanol–water partition coefficient (Wildman–Crippen LogP) is 3.51. The fourth-order valence-electron chi connectivity index (χ4n) is 2.69. The monoisotopic (exact) mass is 298 g/mol. The van der Waals surface area contributed by atoms with Crippen LogP contribution in [0.3, 0.4) is 0 Å². The maximum Gasteiger partial charge on any atom is 0.419 e. The largest absolute Gasteiger partial charge is 0.490 e. The van der Waals surface area contributed by atoms with E-state index >= 15 is 0 Å². The van der Waals surface area contributed by atoms with Crippen molar-refractivity contribution in [1.29, 1.82) is 5.26 Å². The molecule has 0 radical (unpaired) electrons. The van der Waals surface area contributed by atoms with Gasteiger partial charge in [0.15, 0.2) is 0 Å². The molecule has 1 aliphatic rings. The van der Waals surface area contributed by atoms with Crippen molar-refractivity contribution in [1.82, 2.24) is 5.32 Å². The lowest BCUT2D eigenvalue weighted by molar-refractivity contribution is -0.139. The van der Waals surface area contributed by atoms with Crippen LogP contribution in [-0.2, 0) is 6.18 Å². The van der Waals surface area contributed by atoms with Gasteiger partial charge in [0.2, 0.25) is 0 Å². The molecule has 0 heterocycles. The summed E-state index contributed by atoms with van der Waals surface area (Å²) in [6.45, 7) is 0. The number of benzene rings is 1. The molecule has 1 saturated carbocycles. The fourth-order valence-corrected chi connectivity index (χ4v) is 2.69. The molecule has 0 spiro atoms. The minimum atomic E-state index is -4.44. The molecule has 114 valence electrons. The molecule has 0 bridgehead atoms. The number of hydrogen-bond acceptors (Lipinski definition) is 3. The second-order valence-corrected chi connectivity index (χ2v) is 5.27. The number of halogens is 3. The van der Waals surface area contributed by atoms with Crippen molar-refractivity contribution >= 4 is 0 Å². The van der Waals surface area contributed by atoms with Gasteiger partial charge in [-0.1, -0.05) is 12.1 Å². The first-order valence-corrected chi connectivity index (χ1v) is 6.83. The van der Waals surface area contributed by atoms with Crippen LogP contribution in [-0.4, -0.2) is 18.7 Å². The second-order valence-electron chi connectivity index (χ2n) is 5.27. The van der Waals surface area contributed by atoms with Crippen LogP contribution in [0.1, 0.15) is 31.2 Å². The summed E-state index contributed by atoms with van der Waals surface area (Å²) in [5.41, 5.74) is -1.49. The SMILES string of the molecule is CNC1(C#N)CCCC(Oc2ccccc2C(F)(F)F)C1. The average molecular weight is 298 g/mol. The molecule has 0 aliphatic heterocycles. The summed E-state index contributed by atoms with van der Waals surface area (Å²) < 4.78 is 44.4. The molecule has 1 aromatic rings. The molecule has 2 unspecified atom stereocenters. The lowest BCUT2D eigenvalue weighted by Gasteiger charge is -2.35. The van der Waals surface area contributed by atoms with Gasteiger partial charge in [0, 0.05) is 6.42 Å². The van der Waals surface area contributed by atoms with Crippen molar-refractivity contribution < 1.29 is 17.9 Å². The first kappa shape index (κ1) is 15.6. The molecule has 6 heteroatoms. The number of para-hydroxylation sites is 1. The third kappa shape index (κ3) is 3.48. The standard InChI is InChI=1S/C15H17F3N2O/c1-20-14(10-19)8-4-5-11(9-14)21-13-7-3-2-6-12(13)15(16,17)18/h2-3,6-7,11,20H,4-5,8-9H2,1H3. The topological polar surface area (TPSA) is 45.0 Å². The van der Waals surface area contributed by atoms with Gasteiger partial charge in [0.1, 0.15) is 17.4 Å². The Morgan fingerprint density at radius 1 is 1.38 bits per heavy atom. The van der Waals surface area contributed by atoms with Crippen LogP contribution < -0.4 is 10.1 Å². The molecule has 1 aromatic carbocycles. The Balaban J connectivity index is 2.18. The van der Waals surface area contributed by atoms with E-state index in [0.29, 0.717) is 19.3 Å². The van der Waals surface area contributed by atoms with Crippen LogP contribution in [0.2, 0.25) is 0 Å². The lowest BCUT2D eigenvalue weighted by atomic mass is 9.81. The molecule has 0 saturated heterocycles. The van der Waals surface area contributed by atoms with Gasteiger partial charge >= 0.3 is 6.18 Å². The van der Waals surface area contributed by atoms with Gasteiger partial charge < -0.3 is 10.1 Å². The smallest absolute Gasteiger partial charge is 0.419 e. The van der Waals surface area contributed by atoms with Crippen LogP contribution in [0.25, 0.3) is 0 Å². The molecule has 1 aliphatic carbocycles. The van der Waals surface area contributed by atoms with Crippen LogP contribution in [0.4, 0.5) is 13.2 Å². The van der Waals surface area contributed by atoms with Crippen molar-refractivity contribution in [2.45, 2.75) is 43.5 Å². The van der Waals surface area contributed by atoms with Gasteiger partial charge in [-0.05, 0) is 38.4 Å².